The van der Waals surface area contributed by atoms with Crippen LogP contribution in [0, 0.1) is 11.8 Å². The Hall–Kier alpha value is -1.22. The Labute approximate surface area is 71.6 Å². The van der Waals surface area contributed by atoms with Crippen molar-refractivity contribution in [2.75, 3.05) is 6.54 Å². The van der Waals surface area contributed by atoms with Gasteiger partial charge in [-0.05, 0) is 12.5 Å². The van der Waals surface area contributed by atoms with Gasteiger partial charge in [-0.3, -0.25) is 0 Å². The van der Waals surface area contributed by atoms with E-state index in [1.165, 1.54) is 5.56 Å². The topological polar surface area (TPSA) is 55.4 Å². The second-order valence-electron chi connectivity index (χ2n) is 2.83. The Balaban J connectivity index is 2.74. The summed E-state index contributed by atoms with van der Waals surface area (Å²) in [6.07, 6.45) is 0. The predicted octanol–water partition coefficient (Wildman–Crippen LogP) is 1.76. The van der Waals surface area contributed by atoms with Gasteiger partial charge in [0.1, 0.15) is 6.54 Å². The van der Waals surface area contributed by atoms with Crippen LogP contribution in [-0.4, -0.2) is 6.54 Å². The van der Waals surface area contributed by atoms with Crippen molar-refractivity contribution in [1.82, 2.24) is 0 Å². The molecule has 0 saturated carbocycles. The third-order valence-electron chi connectivity index (χ3n) is 1.78. The molecule has 0 aliphatic rings. The van der Waals surface area contributed by atoms with Crippen LogP contribution in [0.3, 0.4) is 0 Å². The quantitative estimate of drug-likeness (QED) is 0.692. The first kappa shape index (κ1) is 8.87. The van der Waals surface area contributed by atoms with Crippen molar-refractivity contribution < 1.29 is 0 Å². The maximum atomic E-state index is 9.93. The highest BCUT2D eigenvalue weighted by Crippen LogP contribution is 2.11. The zero-order valence-corrected chi connectivity index (χ0v) is 7.03. The molecule has 3 heteroatoms. The lowest BCUT2D eigenvalue weighted by atomic mass is 10.1. The Bertz CT molecular complexity index is 256. The van der Waals surface area contributed by atoms with E-state index in [1.807, 2.05) is 31.2 Å². The van der Waals surface area contributed by atoms with Crippen LogP contribution < -0.4 is 5.73 Å². The lowest BCUT2D eigenvalue weighted by Gasteiger charge is -2.06. The van der Waals surface area contributed by atoms with Crippen molar-refractivity contribution in [3.8, 4) is 0 Å². The van der Waals surface area contributed by atoms with Gasteiger partial charge in [0, 0.05) is 0 Å². The van der Waals surface area contributed by atoms with Crippen molar-refractivity contribution in [1.29, 1.82) is 0 Å². The van der Waals surface area contributed by atoms with Crippen molar-refractivity contribution in [2.24, 2.45) is 10.9 Å². The van der Waals surface area contributed by atoms with E-state index in [4.69, 9.17) is 5.73 Å². The van der Waals surface area contributed by atoms with E-state index < -0.39 is 0 Å². The third-order valence-corrected chi connectivity index (χ3v) is 1.78. The molecule has 64 valence electrons. The number of hydrogen-bond acceptors (Lipinski definition) is 3. The molecule has 12 heavy (non-hydrogen) atoms. The van der Waals surface area contributed by atoms with Crippen LogP contribution in [0.4, 0.5) is 0 Å². The van der Waals surface area contributed by atoms with Crippen LogP contribution in [0.25, 0.3) is 0 Å². The molecule has 3 nitrogen and oxygen atoms in total. The van der Waals surface area contributed by atoms with Crippen molar-refractivity contribution >= 4 is 0 Å². The highest BCUT2D eigenvalue weighted by molar-refractivity contribution is 5.23. The van der Waals surface area contributed by atoms with Gasteiger partial charge in [0.15, 0.2) is 0 Å². The van der Waals surface area contributed by atoms with E-state index in [0.29, 0.717) is 0 Å². The minimum atomic E-state index is -0.261. The monoisotopic (exact) mass is 164 g/mol. The molecule has 1 rings (SSSR count). The first-order chi connectivity index (χ1) is 5.74. The van der Waals surface area contributed by atoms with Crippen LogP contribution in [0.1, 0.15) is 17.2 Å². The van der Waals surface area contributed by atoms with Gasteiger partial charge in [-0.15, -0.1) is 0 Å². The minimum absolute atomic E-state index is 0.142. The lowest BCUT2D eigenvalue weighted by molar-refractivity contribution is 0.734. The number of rotatable bonds is 3. The van der Waals surface area contributed by atoms with Gasteiger partial charge in [-0.1, -0.05) is 35.0 Å². The Morgan fingerprint density at radius 2 is 2.00 bits per heavy atom. The largest absolute Gasteiger partial charge is 0.322 e. The first-order valence-electron chi connectivity index (χ1n) is 3.85. The Morgan fingerprint density at radius 1 is 1.42 bits per heavy atom. The maximum absolute atomic E-state index is 9.93. The van der Waals surface area contributed by atoms with Gasteiger partial charge in [0.2, 0.25) is 0 Å². The molecule has 0 aromatic heterocycles. The molecule has 0 heterocycles. The lowest BCUT2D eigenvalue weighted by Crippen LogP contribution is -2.12. The normalized spacial score (nSPS) is 12.5. The van der Waals surface area contributed by atoms with Crippen molar-refractivity contribution in [3.05, 3.63) is 40.3 Å². The number of hydrogen-bond donors (Lipinski definition) is 1. The Kier molecular flexibility index (Phi) is 2.94. The van der Waals surface area contributed by atoms with E-state index in [2.05, 4.69) is 5.18 Å². The Morgan fingerprint density at radius 3 is 2.50 bits per heavy atom. The molecule has 0 bridgehead atoms. The number of benzene rings is 1. The molecule has 0 fully saturated rings. The van der Waals surface area contributed by atoms with Gasteiger partial charge in [-0.2, -0.15) is 4.91 Å². The van der Waals surface area contributed by atoms with Gasteiger partial charge in [-0.25, -0.2) is 0 Å². The molecular weight excluding hydrogens is 152 g/mol. The smallest absolute Gasteiger partial charge is 0.100 e. The number of aryl methyl sites for hydroxylation is 1. The van der Waals surface area contributed by atoms with Crippen molar-refractivity contribution in [2.45, 2.75) is 13.0 Å². The predicted molar refractivity (Wildman–Crippen MR) is 48.8 cm³/mol. The van der Waals surface area contributed by atoms with E-state index >= 15 is 0 Å². The summed E-state index contributed by atoms with van der Waals surface area (Å²) in [5.74, 6) is 0. The van der Waals surface area contributed by atoms with Crippen LogP contribution in [0.15, 0.2) is 29.4 Å². The zero-order chi connectivity index (χ0) is 8.97. The van der Waals surface area contributed by atoms with E-state index in [-0.39, 0.29) is 12.6 Å². The van der Waals surface area contributed by atoms with Crippen molar-refractivity contribution in [3.63, 3.8) is 0 Å². The van der Waals surface area contributed by atoms with E-state index in [9.17, 15) is 4.91 Å². The molecule has 0 amide bonds. The zero-order valence-electron chi connectivity index (χ0n) is 7.03. The average Bonchev–Trinajstić information content (AvgIpc) is 2.06. The van der Waals surface area contributed by atoms with Gasteiger partial charge in [0.25, 0.3) is 0 Å². The SMILES string of the molecule is Cc1ccc(C(N)CN=O)cc1. The molecule has 0 aliphatic heterocycles. The maximum Gasteiger partial charge on any atom is 0.100 e. The van der Waals surface area contributed by atoms with Crippen LogP contribution in [0.5, 0.6) is 0 Å². The van der Waals surface area contributed by atoms with Crippen LogP contribution >= 0.6 is 0 Å². The molecule has 0 saturated heterocycles. The molecule has 1 aromatic rings. The summed E-state index contributed by atoms with van der Waals surface area (Å²) >= 11 is 0. The third kappa shape index (κ3) is 2.13. The molecule has 0 spiro atoms. The fourth-order valence-electron chi connectivity index (χ4n) is 0.999. The first-order valence-corrected chi connectivity index (χ1v) is 3.85. The summed E-state index contributed by atoms with van der Waals surface area (Å²) in [7, 11) is 0. The standard InChI is InChI=1S/C9H12N2O/c1-7-2-4-8(5-3-7)9(10)6-11-12/h2-5,9H,6,10H2,1H3. The summed E-state index contributed by atoms with van der Waals surface area (Å²) in [6, 6.07) is 7.53. The highest BCUT2D eigenvalue weighted by Gasteiger charge is 2.03. The summed E-state index contributed by atoms with van der Waals surface area (Å²) in [5.41, 5.74) is 7.81. The van der Waals surface area contributed by atoms with Crippen LogP contribution in [-0.2, 0) is 0 Å². The molecular formula is C9H12N2O. The van der Waals surface area contributed by atoms with Crippen LogP contribution in [0.2, 0.25) is 0 Å². The molecule has 1 atom stereocenters. The number of nitroso groups, excluding NO2 is 1. The fourth-order valence-corrected chi connectivity index (χ4v) is 0.999. The summed E-state index contributed by atoms with van der Waals surface area (Å²) in [5, 5.41) is 2.76. The average molecular weight is 164 g/mol. The molecule has 1 aromatic carbocycles. The minimum Gasteiger partial charge on any atom is -0.322 e. The second-order valence-corrected chi connectivity index (χ2v) is 2.83. The molecule has 0 radical (unpaired) electrons. The van der Waals surface area contributed by atoms with Gasteiger partial charge < -0.3 is 5.73 Å². The van der Waals surface area contributed by atoms with E-state index in [1.54, 1.807) is 0 Å². The summed E-state index contributed by atoms with van der Waals surface area (Å²) in [4.78, 5) is 9.93. The van der Waals surface area contributed by atoms with E-state index in [0.717, 1.165) is 5.56 Å². The number of nitrogens with zero attached hydrogens (tertiary/aromatic N) is 1. The van der Waals surface area contributed by atoms with Gasteiger partial charge in [0.05, 0.1) is 6.04 Å². The molecule has 0 aliphatic carbocycles. The number of nitrogens with two attached hydrogens (primary N) is 1. The molecule has 1 unspecified atom stereocenters. The highest BCUT2D eigenvalue weighted by atomic mass is 16.3. The summed E-state index contributed by atoms with van der Waals surface area (Å²) < 4.78 is 0. The summed E-state index contributed by atoms with van der Waals surface area (Å²) in [6.45, 7) is 2.15. The van der Waals surface area contributed by atoms with Gasteiger partial charge >= 0.3 is 0 Å². The molecule has 2 N–H and O–H groups in total. The second kappa shape index (κ2) is 3.97. The fraction of sp³-hybridized carbons (Fsp3) is 0.333.